The van der Waals surface area contributed by atoms with Crippen molar-refractivity contribution in [2.24, 2.45) is 11.7 Å². The van der Waals surface area contributed by atoms with Crippen LogP contribution in [-0.2, 0) is 10.0 Å². The Hall–Kier alpha value is -0.130. The van der Waals surface area contributed by atoms with Crippen molar-refractivity contribution in [3.8, 4) is 0 Å². The number of nitrogens with zero attached hydrogens (tertiary/aromatic N) is 1. The van der Waals surface area contributed by atoms with E-state index in [1.54, 1.807) is 4.31 Å². The van der Waals surface area contributed by atoms with Gasteiger partial charge in [0.15, 0.2) is 0 Å². The molecule has 0 unspecified atom stereocenters. The molecule has 0 spiro atoms. The minimum atomic E-state index is -3.10. The predicted octanol–water partition coefficient (Wildman–Crippen LogP) is 2.49. The fourth-order valence-corrected chi connectivity index (χ4v) is 6.00. The second-order valence-corrected chi connectivity index (χ2v) is 8.52. The van der Waals surface area contributed by atoms with Crippen LogP contribution in [0.5, 0.6) is 0 Å². The van der Waals surface area contributed by atoms with Crippen LogP contribution in [0, 0.1) is 5.92 Å². The molecule has 0 amide bonds. The summed E-state index contributed by atoms with van der Waals surface area (Å²) >= 11 is 0. The van der Waals surface area contributed by atoms with Crippen molar-refractivity contribution in [2.45, 2.75) is 76.8 Å². The molecule has 2 aliphatic rings. The molecule has 0 saturated heterocycles. The molecular weight excluding hydrogens is 272 g/mol. The largest absolute Gasteiger partial charge is 0.328 e. The summed E-state index contributed by atoms with van der Waals surface area (Å²) in [6, 6.07) is 0.458. The van der Waals surface area contributed by atoms with Crippen molar-refractivity contribution in [3.63, 3.8) is 0 Å². The summed E-state index contributed by atoms with van der Waals surface area (Å²) in [4.78, 5) is 0. The lowest BCUT2D eigenvalue weighted by Gasteiger charge is -2.35. The molecule has 0 aromatic heterocycles. The Bertz CT molecular complexity index is 383. The molecule has 2 aliphatic carbocycles. The molecule has 0 heterocycles. The first-order valence-electron chi connectivity index (χ1n) is 8.28. The zero-order chi connectivity index (χ0) is 14.6. The van der Waals surface area contributed by atoms with E-state index in [1.165, 1.54) is 19.3 Å². The molecule has 2 N–H and O–H groups in total. The van der Waals surface area contributed by atoms with E-state index in [0.29, 0.717) is 18.2 Å². The summed E-state index contributed by atoms with van der Waals surface area (Å²) in [6.45, 7) is 2.57. The molecule has 20 heavy (non-hydrogen) atoms. The van der Waals surface area contributed by atoms with Gasteiger partial charge in [0.25, 0.3) is 0 Å². The summed E-state index contributed by atoms with van der Waals surface area (Å²) in [7, 11) is -3.10. The minimum Gasteiger partial charge on any atom is -0.328 e. The van der Waals surface area contributed by atoms with Crippen LogP contribution in [-0.4, -0.2) is 37.1 Å². The third-order valence-corrected chi connectivity index (χ3v) is 7.15. The SMILES string of the molecule is CCN(C1CCC(N)CC1)S(=O)(=O)CC1CCCCC1. The van der Waals surface area contributed by atoms with Gasteiger partial charge in [-0.3, -0.25) is 0 Å². The van der Waals surface area contributed by atoms with Gasteiger partial charge < -0.3 is 5.73 Å². The second-order valence-electron chi connectivity index (χ2n) is 6.55. The van der Waals surface area contributed by atoms with Gasteiger partial charge in [0.2, 0.25) is 10.0 Å². The Balaban J connectivity index is 1.97. The van der Waals surface area contributed by atoms with Crippen LogP contribution in [0.3, 0.4) is 0 Å². The molecule has 0 aliphatic heterocycles. The standard InChI is InChI=1S/C15H30N2O2S/c1-2-17(15-10-8-14(16)9-11-15)20(18,19)12-13-6-4-3-5-7-13/h13-15H,2-12,16H2,1H3. The van der Waals surface area contributed by atoms with Crippen LogP contribution < -0.4 is 5.73 Å². The average Bonchev–Trinajstić information content (AvgIpc) is 2.42. The number of hydrogen-bond donors (Lipinski definition) is 1. The van der Waals surface area contributed by atoms with Crippen LogP contribution in [0.4, 0.5) is 0 Å². The maximum Gasteiger partial charge on any atom is 0.214 e. The molecule has 0 radical (unpaired) electrons. The van der Waals surface area contributed by atoms with Crippen molar-refractivity contribution in [3.05, 3.63) is 0 Å². The van der Waals surface area contributed by atoms with E-state index in [4.69, 9.17) is 5.73 Å². The molecule has 2 fully saturated rings. The van der Waals surface area contributed by atoms with E-state index in [-0.39, 0.29) is 12.1 Å². The molecule has 0 aromatic rings. The molecule has 0 aromatic carbocycles. The lowest BCUT2D eigenvalue weighted by atomic mass is 9.91. The molecule has 0 atom stereocenters. The highest BCUT2D eigenvalue weighted by Gasteiger charge is 2.33. The molecule has 4 nitrogen and oxygen atoms in total. The number of rotatable bonds is 5. The average molecular weight is 302 g/mol. The Morgan fingerprint density at radius 1 is 1.00 bits per heavy atom. The van der Waals surface area contributed by atoms with Crippen molar-refractivity contribution < 1.29 is 8.42 Å². The van der Waals surface area contributed by atoms with Crippen molar-refractivity contribution in [1.29, 1.82) is 0 Å². The first kappa shape index (κ1) is 16.2. The van der Waals surface area contributed by atoms with Gasteiger partial charge in [-0.2, -0.15) is 4.31 Å². The van der Waals surface area contributed by atoms with Gasteiger partial charge in [0, 0.05) is 18.6 Å². The van der Waals surface area contributed by atoms with Gasteiger partial charge in [-0.1, -0.05) is 26.2 Å². The van der Waals surface area contributed by atoms with Crippen molar-refractivity contribution >= 4 is 10.0 Å². The Kier molecular flexibility index (Phi) is 5.87. The smallest absolute Gasteiger partial charge is 0.214 e. The van der Waals surface area contributed by atoms with Crippen LogP contribution in [0.15, 0.2) is 0 Å². The highest BCUT2D eigenvalue weighted by molar-refractivity contribution is 7.89. The van der Waals surface area contributed by atoms with Gasteiger partial charge in [-0.15, -0.1) is 0 Å². The third kappa shape index (κ3) is 4.18. The Labute approximate surface area is 124 Å². The lowest BCUT2D eigenvalue weighted by molar-refractivity contribution is 0.244. The predicted molar refractivity (Wildman–Crippen MR) is 83.0 cm³/mol. The maximum atomic E-state index is 12.7. The minimum absolute atomic E-state index is 0.188. The van der Waals surface area contributed by atoms with E-state index in [9.17, 15) is 8.42 Å². The second kappa shape index (κ2) is 7.23. The molecule has 2 rings (SSSR count). The fourth-order valence-electron chi connectivity index (χ4n) is 3.82. The fraction of sp³-hybridized carbons (Fsp3) is 1.00. The maximum absolute atomic E-state index is 12.7. The van der Waals surface area contributed by atoms with Gasteiger partial charge >= 0.3 is 0 Å². The summed E-state index contributed by atoms with van der Waals surface area (Å²) in [6.07, 6.45) is 9.63. The highest BCUT2D eigenvalue weighted by atomic mass is 32.2. The monoisotopic (exact) mass is 302 g/mol. The zero-order valence-electron chi connectivity index (χ0n) is 12.8. The van der Waals surface area contributed by atoms with Gasteiger partial charge in [0.05, 0.1) is 5.75 Å². The summed E-state index contributed by atoms with van der Waals surface area (Å²) in [5.41, 5.74) is 5.93. The summed E-state index contributed by atoms with van der Waals surface area (Å²) < 4.78 is 27.2. The van der Waals surface area contributed by atoms with Gasteiger partial charge in [-0.05, 0) is 44.4 Å². The van der Waals surface area contributed by atoms with E-state index >= 15 is 0 Å². The summed E-state index contributed by atoms with van der Waals surface area (Å²) in [5.74, 6) is 0.747. The van der Waals surface area contributed by atoms with Crippen molar-refractivity contribution in [2.75, 3.05) is 12.3 Å². The molecule has 0 bridgehead atoms. The molecule has 5 heteroatoms. The summed E-state index contributed by atoms with van der Waals surface area (Å²) in [5, 5.41) is 0. The van der Waals surface area contributed by atoms with Gasteiger partial charge in [0.1, 0.15) is 0 Å². The topological polar surface area (TPSA) is 63.4 Å². The van der Waals surface area contributed by atoms with E-state index < -0.39 is 10.0 Å². The zero-order valence-corrected chi connectivity index (χ0v) is 13.6. The quantitative estimate of drug-likeness (QED) is 0.848. The van der Waals surface area contributed by atoms with Gasteiger partial charge in [-0.25, -0.2) is 8.42 Å². The van der Waals surface area contributed by atoms with Crippen LogP contribution in [0.2, 0.25) is 0 Å². The van der Waals surface area contributed by atoms with Crippen LogP contribution in [0.1, 0.15) is 64.7 Å². The third-order valence-electron chi connectivity index (χ3n) is 4.99. The first-order valence-corrected chi connectivity index (χ1v) is 9.89. The Morgan fingerprint density at radius 3 is 2.15 bits per heavy atom. The van der Waals surface area contributed by atoms with Crippen LogP contribution in [0.25, 0.3) is 0 Å². The highest BCUT2D eigenvalue weighted by Crippen LogP contribution is 2.29. The van der Waals surface area contributed by atoms with E-state index in [2.05, 4.69) is 0 Å². The normalized spacial score (nSPS) is 29.8. The lowest BCUT2D eigenvalue weighted by Crippen LogP contribution is -2.45. The molecular formula is C15H30N2O2S. The van der Waals surface area contributed by atoms with E-state index in [1.807, 2.05) is 6.92 Å². The van der Waals surface area contributed by atoms with Crippen LogP contribution >= 0.6 is 0 Å². The van der Waals surface area contributed by atoms with Crippen molar-refractivity contribution in [1.82, 2.24) is 4.31 Å². The molecule has 118 valence electrons. The number of sulfonamides is 1. The number of hydrogen-bond acceptors (Lipinski definition) is 3. The number of nitrogens with two attached hydrogens (primary N) is 1. The molecule has 2 saturated carbocycles. The van der Waals surface area contributed by atoms with E-state index in [0.717, 1.165) is 38.5 Å². The Morgan fingerprint density at radius 2 is 1.60 bits per heavy atom. The first-order chi connectivity index (χ1) is 9.53.